The van der Waals surface area contributed by atoms with Crippen LogP contribution in [0.5, 0.6) is 0 Å². The SMILES string of the molecule is CC1(C2CC2)NC(=O)N(CC(=O)N(Cc2ccccc2[N+](=O)[O-])CC(F)(F)F)C1=O. The zero-order valence-corrected chi connectivity index (χ0v) is 15.9. The summed E-state index contributed by atoms with van der Waals surface area (Å²) >= 11 is 0. The van der Waals surface area contributed by atoms with E-state index >= 15 is 0 Å². The average Bonchev–Trinajstić information content (AvgIpc) is 3.46. The largest absolute Gasteiger partial charge is 0.406 e. The molecule has 162 valence electrons. The molecule has 1 N–H and O–H groups in total. The molecule has 1 aliphatic carbocycles. The minimum Gasteiger partial charge on any atom is -0.327 e. The number of hydrogen-bond donors (Lipinski definition) is 1. The van der Waals surface area contributed by atoms with Gasteiger partial charge < -0.3 is 10.2 Å². The van der Waals surface area contributed by atoms with E-state index in [9.17, 15) is 37.7 Å². The van der Waals surface area contributed by atoms with Gasteiger partial charge in [-0.3, -0.25) is 24.6 Å². The van der Waals surface area contributed by atoms with Crippen molar-refractivity contribution in [2.75, 3.05) is 13.1 Å². The van der Waals surface area contributed by atoms with Gasteiger partial charge in [-0.25, -0.2) is 4.79 Å². The molecule has 0 aromatic heterocycles. The van der Waals surface area contributed by atoms with E-state index < -0.39 is 59.8 Å². The Morgan fingerprint density at radius 2 is 1.97 bits per heavy atom. The zero-order chi connectivity index (χ0) is 22.3. The van der Waals surface area contributed by atoms with E-state index in [1.54, 1.807) is 0 Å². The predicted molar refractivity (Wildman–Crippen MR) is 95.9 cm³/mol. The highest BCUT2D eigenvalue weighted by Crippen LogP contribution is 2.42. The molecule has 2 aliphatic rings. The zero-order valence-electron chi connectivity index (χ0n) is 15.9. The summed E-state index contributed by atoms with van der Waals surface area (Å²) < 4.78 is 39.1. The van der Waals surface area contributed by atoms with Crippen LogP contribution in [0, 0.1) is 16.0 Å². The Labute approximate surface area is 169 Å². The van der Waals surface area contributed by atoms with Crippen molar-refractivity contribution in [1.29, 1.82) is 0 Å². The van der Waals surface area contributed by atoms with Crippen LogP contribution in [0.4, 0.5) is 23.7 Å². The predicted octanol–water partition coefficient (Wildman–Crippen LogP) is 2.21. The van der Waals surface area contributed by atoms with Gasteiger partial charge in [0.05, 0.1) is 11.5 Å². The van der Waals surface area contributed by atoms with Gasteiger partial charge in [-0.1, -0.05) is 18.2 Å². The Morgan fingerprint density at radius 3 is 2.53 bits per heavy atom. The van der Waals surface area contributed by atoms with Crippen molar-refractivity contribution in [3.8, 4) is 0 Å². The number of carbonyl (C=O) groups is 3. The molecule has 1 aliphatic heterocycles. The van der Waals surface area contributed by atoms with Gasteiger partial charge in [0.25, 0.3) is 11.6 Å². The van der Waals surface area contributed by atoms with Crippen LogP contribution in [0.2, 0.25) is 0 Å². The number of nitrogens with one attached hydrogen (secondary N) is 1. The van der Waals surface area contributed by atoms with Gasteiger partial charge in [-0.05, 0) is 25.7 Å². The van der Waals surface area contributed by atoms with Gasteiger partial charge in [-0.2, -0.15) is 13.2 Å². The number of carbonyl (C=O) groups excluding carboxylic acids is 3. The molecule has 1 atom stereocenters. The van der Waals surface area contributed by atoms with Gasteiger partial charge in [0, 0.05) is 11.6 Å². The first-order chi connectivity index (χ1) is 13.9. The van der Waals surface area contributed by atoms with Crippen LogP contribution in [0.25, 0.3) is 0 Å². The maximum atomic E-state index is 13.0. The number of urea groups is 1. The minimum atomic E-state index is -4.78. The van der Waals surface area contributed by atoms with Gasteiger partial charge in [0.1, 0.15) is 18.6 Å². The Hall–Kier alpha value is -3.18. The Morgan fingerprint density at radius 1 is 1.33 bits per heavy atom. The molecule has 1 unspecified atom stereocenters. The molecule has 1 saturated carbocycles. The first kappa shape index (κ1) is 21.5. The highest BCUT2D eigenvalue weighted by Gasteiger charge is 2.56. The Bertz CT molecular complexity index is 902. The summed E-state index contributed by atoms with van der Waals surface area (Å²) in [5, 5.41) is 13.7. The topological polar surface area (TPSA) is 113 Å². The summed E-state index contributed by atoms with van der Waals surface area (Å²) in [5.74, 6) is -1.89. The number of nitro groups is 1. The number of hydrogen-bond acceptors (Lipinski definition) is 5. The van der Waals surface area contributed by atoms with Crippen LogP contribution in [0.1, 0.15) is 25.3 Å². The maximum Gasteiger partial charge on any atom is 0.406 e. The van der Waals surface area contributed by atoms with Crippen LogP contribution in [-0.4, -0.2) is 57.4 Å². The van der Waals surface area contributed by atoms with Crippen LogP contribution >= 0.6 is 0 Å². The normalized spacial score (nSPS) is 21.5. The molecule has 1 heterocycles. The summed E-state index contributed by atoms with van der Waals surface area (Å²) in [6.45, 7) is -1.74. The second kappa shape index (κ2) is 7.58. The number of nitro benzene ring substituents is 1. The van der Waals surface area contributed by atoms with Crippen molar-refractivity contribution in [1.82, 2.24) is 15.1 Å². The van der Waals surface area contributed by atoms with E-state index in [0.717, 1.165) is 18.9 Å². The van der Waals surface area contributed by atoms with E-state index in [-0.39, 0.29) is 11.5 Å². The summed E-state index contributed by atoms with van der Waals surface area (Å²) in [5.41, 5.74) is -1.71. The molecule has 30 heavy (non-hydrogen) atoms. The lowest BCUT2D eigenvalue weighted by molar-refractivity contribution is -0.385. The lowest BCUT2D eigenvalue weighted by Crippen LogP contribution is -2.48. The number of alkyl halides is 3. The fourth-order valence-electron chi connectivity index (χ4n) is 3.51. The van der Waals surface area contributed by atoms with E-state index in [1.807, 2.05) is 0 Å². The Kier molecular flexibility index (Phi) is 5.44. The molecule has 1 aromatic carbocycles. The fraction of sp³-hybridized carbons (Fsp3) is 0.500. The number of amides is 4. The molecular weight excluding hydrogens is 409 g/mol. The molecule has 0 bridgehead atoms. The standard InChI is InChI=1S/C18H19F3N4O5/c1-17(12-6-7-12)15(27)24(16(28)22-17)9-14(26)23(10-18(19,20)21)8-11-4-2-3-5-13(11)25(29)30/h2-5,12H,6-10H2,1H3,(H,22,28). The van der Waals surface area contributed by atoms with Gasteiger partial charge in [0.2, 0.25) is 5.91 Å². The van der Waals surface area contributed by atoms with Crippen molar-refractivity contribution >= 4 is 23.5 Å². The fourth-order valence-corrected chi connectivity index (χ4v) is 3.51. The number of benzene rings is 1. The lowest BCUT2D eigenvalue weighted by Gasteiger charge is -2.26. The lowest BCUT2D eigenvalue weighted by atomic mass is 9.96. The number of rotatable bonds is 7. The molecule has 2 fully saturated rings. The molecular formula is C18H19F3N4O5. The summed E-state index contributed by atoms with van der Waals surface area (Å²) in [4.78, 5) is 48.8. The second-order valence-corrected chi connectivity index (χ2v) is 7.55. The third-order valence-electron chi connectivity index (χ3n) is 5.26. The number of imide groups is 1. The third-order valence-corrected chi connectivity index (χ3v) is 5.26. The van der Waals surface area contributed by atoms with E-state index in [0.29, 0.717) is 9.80 Å². The van der Waals surface area contributed by atoms with Crippen molar-refractivity contribution < 1.29 is 32.5 Å². The summed E-state index contributed by atoms with van der Waals surface area (Å²) in [6, 6.07) is 4.26. The molecule has 12 heteroatoms. The summed E-state index contributed by atoms with van der Waals surface area (Å²) in [7, 11) is 0. The average molecular weight is 428 g/mol. The van der Waals surface area contributed by atoms with Crippen LogP contribution in [0.15, 0.2) is 24.3 Å². The minimum absolute atomic E-state index is 0.0766. The quantitative estimate of drug-likeness (QED) is 0.406. The summed E-state index contributed by atoms with van der Waals surface area (Å²) in [6.07, 6.45) is -3.33. The van der Waals surface area contributed by atoms with Crippen molar-refractivity contribution in [2.45, 2.75) is 38.0 Å². The van der Waals surface area contributed by atoms with E-state index in [2.05, 4.69) is 5.32 Å². The molecule has 0 spiro atoms. The third kappa shape index (κ3) is 4.36. The highest BCUT2D eigenvalue weighted by atomic mass is 19.4. The van der Waals surface area contributed by atoms with Crippen molar-refractivity contribution in [2.24, 2.45) is 5.92 Å². The van der Waals surface area contributed by atoms with E-state index in [4.69, 9.17) is 0 Å². The van der Waals surface area contributed by atoms with Crippen molar-refractivity contribution in [3.05, 3.63) is 39.9 Å². The molecule has 3 rings (SSSR count). The van der Waals surface area contributed by atoms with E-state index in [1.165, 1.54) is 25.1 Å². The van der Waals surface area contributed by atoms with Crippen LogP contribution in [-0.2, 0) is 16.1 Å². The monoisotopic (exact) mass is 428 g/mol. The van der Waals surface area contributed by atoms with Crippen LogP contribution < -0.4 is 5.32 Å². The smallest absolute Gasteiger partial charge is 0.327 e. The number of nitrogens with zero attached hydrogens (tertiary/aromatic N) is 3. The molecule has 1 aromatic rings. The van der Waals surface area contributed by atoms with Gasteiger partial charge >= 0.3 is 12.2 Å². The number of halogens is 3. The first-order valence-electron chi connectivity index (χ1n) is 9.13. The molecule has 0 radical (unpaired) electrons. The highest BCUT2D eigenvalue weighted by molar-refractivity contribution is 6.09. The van der Waals surface area contributed by atoms with Crippen molar-refractivity contribution in [3.63, 3.8) is 0 Å². The van der Waals surface area contributed by atoms with Crippen LogP contribution in [0.3, 0.4) is 0 Å². The Balaban J connectivity index is 1.81. The van der Waals surface area contributed by atoms with Gasteiger partial charge in [0.15, 0.2) is 0 Å². The number of para-hydroxylation sites is 1. The van der Waals surface area contributed by atoms with Gasteiger partial charge in [-0.15, -0.1) is 0 Å². The second-order valence-electron chi connectivity index (χ2n) is 7.55. The molecule has 4 amide bonds. The molecule has 9 nitrogen and oxygen atoms in total. The molecule has 1 saturated heterocycles. The maximum absolute atomic E-state index is 13.0. The first-order valence-corrected chi connectivity index (χ1v) is 9.13.